The number of carbonyl (C=O) groups excluding carboxylic acids is 3. The number of aliphatic hydroxyl groups excluding tert-OH is 1. The number of benzene rings is 1. The molecular formula is C27H27N5O6S. The minimum absolute atomic E-state index is 0.0157. The lowest BCUT2D eigenvalue weighted by Crippen LogP contribution is -2.34. The molecule has 12 heteroatoms. The van der Waals surface area contributed by atoms with E-state index in [2.05, 4.69) is 26.5 Å². The van der Waals surface area contributed by atoms with E-state index in [1.807, 2.05) is 0 Å². The Morgan fingerprint density at radius 3 is 2.77 bits per heavy atom. The van der Waals surface area contributed by atoms with E-state index in [1.165, 1.54) is 29.7 Å². The minimum atomic E-state index is -3.18. The number of aryl methyl sites for hydroxylation is 1. The first kappa shape index (κ1) is 27.6. The van der Waals surface area contributed by atoms with Crippen LogP contribution in [-0.4, -0.2) is 68.1 Å². The number of rotatable bonds is 5. The number of amides is 3. The summed E-state index contributed by atoms with van der Waals surface area (Å²) in [5.74, 6) is 4.00. The first-order valence-corrected chi connectivity index (χ1v) is 14.0. The number of β-amino-alcohol motifs (C(OH)–C–C–N with tert-alkyl or cyclic N) is 1. The van der Waals surface area contributed by atoms with Crippen LogP contribution < -0.4 is 11.1 Å². The molecule has 2 unspecified atom stereocenters. The summed E-state index contributed by atoms with van der Waals surface area (Å²) in [6.07, 6.45) is 3.73. The fourth-order valence-corrected chi connectivity index (χ4v) is 5.01. The van der Waals surface area contributed by atoms with E-state index < -0.39 is 39.3 Å². The molecule has 11 nitrogen and oxygen atoms in total. The zero-order valence-corrected chi connectivity index (χ0v) is 22.2. The molecule has 0 radical (unpaired) electrons. The number of hydrogen-bond acceptors (Lipinski definition) is 8. The van der Waals surface area contributed by atoms with E-state index >= 15 is 0 Å². The summed E-state index contributed by atoms with van der Waals surface area (Å²) in [5.41, 5.74) is 7.99. The normalized spacial score (nSPS) is 16.1. The second-order valence-electron chi connectivity index (χ2n) is 9.16. The largest absolute Gasteiger partial charge is 0.459 e. The molecule has 3 aromatic rings. The highest BCUT2D eigenvalue weighted by Gasteiger charge is 2.26. The van der Waals surface area contributed by atoms with Gasteiger partial charge in [0, 0.05) is 42.4 Å². The average Bonchev–Trinajstić information content (AvgIpc) is 3.51. The molecule has 0 aliphatic carbocycles. The average molecular weight is 550 g/mol. The van der Waals surface area contributed by atoms with Gasteiger partial charge in [-0.15, -0.1) is 0 Å². The number of carbonyl (C=O) groups is 3. The standard InChI is InChI=1S/C27H27N5O6S/c1-17-9-11-38-24(17)27(36)30-21-5-3-4-18(12-21)6-7-19-13-20(14-29-25(19)28)26(35)31-39(2,37)16-23(34)32-10-8-22(33)15-32/h3-5,9,11-14,22,33H,8,10,15-16H2,1-2H3,(H2,28,29)(H,30,36). The lowest BCUT2D eigenvalue weighted by atomic mass is 10.1. The topological polar surface area (TPSA) is 168 Å². The smallest absolute Gasteiger partial charge is 0.291 e. The summed E-state index contributed by atoms with van der Waals surface area (Å²) in [7, 11) is -3.18. The maximum absolute atomic E-state index is 12.9. The summed E-state index contributed by atoms with van der Waals surface area (Å²) in [4.78, 5) is 42.9. The number of nitrogens with zero attached hydrogens (tertiary/aromatic N) is 3. The Morgan fingerprint density at radius 2 is 2.08 bits per heavy atom. The summed E-state index contributed by atoms with van der Waals surface area (Å²) in [6.45, 7) is 2.31. The third-order valence-corrected chi connectivity index (χ3v) is 7.21. The van der Waals surface area contributed by atoms with Gasteiger partial charge in [0.25, 0.3) is 11.8 Å². The molecule has 4 N–H and O–H groups in total. The summed E-state index contributed by atoms with van der Waals surface area (Å²) < 4.78 is 21.9. The summed E-state index contributed by atoms with van der Waals surface area (Å²) in [5, 5.41) is 12.4. The Labute approximate surface area is 225 Å². The monoisotopic (exact) mass is 549 g/mol. The van der Waals surface area contributed by atoms with Gasteiger partial charge >= 0.3 is 0 Å². The Morgan fingerprint density at radius 1 is 1.28 bits per heavy atom. The van der Waals surface area contributed by atoms with Crippen molar-refractivity contribution < 1.29 is 28.1 Å². The van der Waals surface area contributed by atoms with Crippen molar-refractivity contribution in [3.63, 3.8) is 0 Å². The van der Waals surface area contributed by atoms with Crippen LogP contribution in [0.4, 0.5) is 11.5 Å². The molecule has 0 bridgehead atoms. The maximum atomic E-state index is 12.9. The predicted molar refractivity (Wildman–Crippen MR) is 145 cm³/mol. The Hall–Kier alpha value is -4.47. The SMILES string of the molecule is Cc1ccoc1C(=O)Nc1cccc(C#Cc2cc(C(=O)N=S(C)(=O)CC(=O)N3CCC(O)C3)cnc2N)c1. The minimum Gasteiger partial charge on any atom is -0.459 e. The number of furan rings is 1. The van der Waals surface area contributed by atoms with Gasteiger partial charge in [-0.1, -0.05) is 17.9 Å². The lowest BCUT2D eigenvalue weighted by Gasteiger charge is -2.15. The molecule has 3 heterocycles. The molecule has 4 rings (SSSR count). The van der Waals surface area contributed by atoms with Crippen LogP contribution in [0, 0.1) is 18.8 Å². The van der Waals surface area contributed by atoms with Crippen LogP contribution in [0.3, 0.4) is 0 Å². The first-order chi connectivity index (χ1) is 18.5. The number of pyridine rings is 1. The molecule has 1 fully saturated rings. The van der Waals surface area contributed by atoms with E-state index in [9.17, 15) is 23.7 Å². The van der Waals surface area contributed by atoms with Crippen molar-refractivity contribution in [1.82, 2.24) is 9.88 Å². The van der Waals surface area contributed by atoms with Gasteiger partial charge in [-0.3, -0.25) is 14.4 Å². The molecule has 202 valence electrons. The van der Waals surface area contributed by atoms with Crippen LogP contribution in [0.1, 0.15) is 44.0 Å². The molecule has 1 aromatic carbocycles. The number of aromatic nitrogens is 1. The van der Waals surface area contributed by atoms with E-state index in [1.54, 1.807) is 37.3 Å². The van der Waals surface area contributed by atoms with Gasteiger partial charge < -0.3 is 25.5 Å². The van der Waals surface area contributed by atoms with Gasteiger partial charge in [-0.05, 0) is 43.7 Å². The van der Waals surface area contributed by atoms with Gasteiger partial charge in [0.1, 0.15) is 11.6 Å². The molecule has 39 heavy (non-hydrogen) atoms. The zero-order chi connectivity index (χ0) is 28.2. The summed E-state index contributed by atoms with van der Waals surface area (Å²) >= 11 is 0. The van der Waals surface area contributed by atoms with Crippen molar-refractivity contribution in [2.45, 2.75) is 19.4 Å². The molecule has 1 aliphatic rings. The van der Waals surface area contributed by atoms with E-state index in [4.69, 9.17) is 10.2 Å². The van der Waals surface area contributed by atoms with Crippen molar-refractivity contribution in [1.29, 1.82) is 0 Å². The Bertz CT molecular complexity index is 1630. The molecule has 2 atom stereocenters. The molecule has 1 aliphatic heterocycles. The highest BCUT2D eigenvalue weighted by Crippen LogP contribution is 2.16. The van der Waals surface area contributed by atoms with E-state index in [0.717, 1.165) is 0 Å². The Balaban J connectivity index is 1.49. The van der Waals surface area contributed by atoms with Crippen molar-refractivity contribution in [3.8, 4) is 11.8 Å². The van der Waals surface area contributed by atoms with Crippen molar-refractivity contribution in [2.24, 2.45) is 4.36 Å². The number of nitrogen functional groups attached to an aromatic ring is 1. The molecular weight excluding hydrogens is 522 g/mol. The van der Waals surface area contributed by atoms with E-state index in [0.29, 0.717) is 29.8 Å². The van der Waals surface area contributed by atoms with E-state index in [-0.39, 0.29) is 29.2 Å². The third-order valence-electron chi connectivity index (χ3n) is 5.88. The lowest BCUT2D eigenvalue weighted by molar-refractivity contribution is -0.127. The Kier molecular flexibility index (Phi) is 8.13. The number of hydrogen-bond donors (Lipinski definition) is 3. The van der Waals surface area contributed by atoms with Crippen LogP contribution in [0.2, 0.25) is 0 Å². The van der Waals surface area contributed by atoms with Crippen molar-refractivity contribution in [2.75, 3.05) is 36.1 Å². The van der Waals surface area contributed by atoms with Crippen LogP contribution in [-0.2, 0) is 14.5 Å². The number of nitrogens with one attached hydrogen (secondary N) is 1. The van der Waals surface area contributed by atoms with Crippen LogP contribution >= 0.6 is 0 Å². The highest BCUT2D eigenvalue weighted by molar-refractivity contribution is 7.93. The number of anilines is 2. The molecule has 3 amide bonds. The van der Waals surface area contributed by atoms with Gasteiger partial charge in [-0.25, -0.2) is 9.19 Å². The molecule has 1 saturated heterocycles. The number of likely N-dealkylation sites (tertiary alicyclic amines) is 1. The number of nitrogens with two attached hydrogens (primary N) is 1. The fourth-order valence-electron chi connectivity index (χ4n) is 3.85. The van der Waals surface area contributed by atoms with Crippen molar-refractivity contribution in [3.05, 3.63) is 76.9 Å². The highest BCUT2D eigenvalue weighted by atomic mass is 32.2. The van der Waals surface area contributed by atoms with Gasteiger partial charge in [0.05, 0.1) is 33.2 Å². The van der Waals surface area contributed by atoms with Crippen LogP contribution in [0.5, 0.6) is 0 Å². The predicted octanol–water partition coefficient (Wildman–Crippen LogP) is 2.05. The number of aliphatic hydroxyl groups is 1. The maximum Gasteiger partial charge on any atom is 0.291 e. The summed E-state index contributed by atoms with van der Waals surface area (Å²) in [6, 6.07) is 9.91. The molecule has 0 spiro atoms. The second-order valence-corrected chi connectivity index (χ2v) is 11.5. The zero-order valence-electron chi connectivity index (χ0n) is 21.3. The van der Waals surface area contributed by atoms with Crippen LogP contribution in [0.25, 0.3) is 0 Å². The first-order valence-electron chi connectivity index (χ1n) is 11.9. The van der Waals surface area contributed by atoms with Crippen LogP contribution in [0.15, 0.2) is 57.6 Å². The van der Waals surface area contributed by atoms with Crippen molar-refractivity contribution >= 4 is 39.0 Å². The molecule has 2 aromatic heterocycles. The van der Waals surface area contributed by atoms with Gasteiger partial charge in [0.15, 0.2) is 5.76 Å². The molecule has 0 saturated carbocycles. The third kappa shape index (κ3) is 7.10. The van der Waals surface area contributed by atoms with Gasteiger partial charge in [-0.2, -0.15) is 4.36 Å². The second kappa shape index (κ2) is 11.5. The quantitative estimate of drug-likeness (QED) is 0.406. The fraction of sp³-hybridized carbons (Fsp3) is 0.259. The van der Waals surface area contributed by atoms with Gasteiger partial charge in [0.2, 0.25) is 5.91 Å².